The standard InChI is InChI=1S/C11H13NO3.ClH/c1-12-3-2-7-4-9-10(15-6-14-9)5-8(7)11(12)13;/h4-5,11,13H,2-3,6H2,1H3;1H. The second-order valence-corrected chi connectivity index (χ2v) is 4.01. The molecule has 0 saturated heterocycles. The minimum atomic E-state index is -0.525. The Morgan fingerprint density at radius 3 is 2.75 bits per heavy atom. The molecule has 3 rings (SSSR count). The molecule has 0 bridgehead atoms. The number of ether oxygens (including phenoxy) is 2. The molecule has 0 aromatic heterocycles. The molecular formula is C11H14ClNO3. The van der Waals surface area contributed by atoms with E-state index in [9.17, 15) is 5.11 Å². The average Bonchev–Trinajstić information content (AvgIpc) is 2.68. The number of likely N-dealkylation sites (N-methyl/N-ethyl adjacent to an activating group) is 1. The highest BCUT2D eigenvalue weighted by molar-refractivity contribution is 5.85. The Kier molecular flexibility index (Phi) is 2.97. The third kappa shape index (κ3) is 1.63. The number of fused-ring (bicyclic) bond motifs is 2. The number of benzene rings is 1. The largest absolute Gasteiger partial charge is 0.454 e. The topological polar surface area (TPSA) is 41.9 Å². The summed E-state index contributed by atoms with van der Waals surface area (Å²) < 4.78 is 10.6. The fraction of sp³-hybridized carbons (Fsp3) is 0.455. The lowest BCUT2D eigenvalue weighted by Crippen LogP contribution is -2.31. The van der Waals surface area contributed by atoms with E-state index in [-0.39, 0.29) is 19.2 Å². The quantitative estimate of drug-likeness (QED) is 0.746. The zero-order valence-corrected chi connectivity index (χ0v) is 9.79. The molecule has 0 aliphatic carbocycles. The minimum Gasteiger partial charge on any atom is -0.454 e. The molecule has 2 aliphatic rings. The highest BCUT2D eigenvalue weighted by Crippen LogP contribution is 2.39. The third-order valence-electron chi connectivity index (χ3n) is 3.06. The summed E-state index contributed by atoms with van der Waals surface area (Å²) in [7, 11) is 1.91. The molecule has 1 atom stereocenters. The smallest absolute Gasteiger partial charge is 0.231 e. The van der Waals surface area contributed by atoms with Gasteiger partial charge in [-0.1, -0.05) is 0 Å². The maximum Gasteiger partial charge on any atom is 0.231 e. The van der Waals surface area contributed by atoms with Crippen molar-refractivity contribution in [3.8, 4) is 11.5 Å². The monoisotopic (exact) mass is 243 g/mol. The van der Waals surface area contributed by atoms with Gasteiger partial charge in [0.25, 0.3) is 0 Å². The lowest BCUT2D eigenvalue weighted by atomic mass is 9.98. The summed E-state index contributed by atoms with van der Waals surface area (Å²) in [6.45, 7) is 1.15. The minimum absolute atomic E-state index is 0. The summed E-state index contributed by atoms with van der Waals surface area (Å²) in [5.41, 5.74) is 2.10. The molecule has 1 aromatic rings. The van der Waals surface area contributed by atoms with Crippen molar-refractivity contribution in [2.75, 3.05) is 20.4 Å². The maximum absolute atomic E-state index is 9.99. The molecule has 0 saturated carbocycles. The normalized spacial score (nSPS) is 22.5. The van der Waals surface area contributed by atoms with Gasteiger partial charge in [0.15, 0.2) is 11.5 Å². The number of nitrogens with zero attached hydrogens (tertiary/aromatic N) is 1. The van der Waals surface area contributed by atoms with Crippen molar-refractivity contribution < 1.29 is 14.6 Å². The number of aliphatic hydroxyl groups excluding tert-OH is 1. The van der Waals surface area contributed by atoms with Gasteiger partial charge in [-0.2, -0.15) is 0 Å². The lowest BCUT2D eigenvalue weighted by molar-refractivity contribution is 0.0127. The van der Waals surface area contributed by atoms with Crippen LogP contribution in [0.3, 0.4) is 0 Å². The molecule has 4 nitrogen and oxygen atoms in total. The van der Waals surface area contributed by atoms with Crippen molar-refractivity contribution >= 4 is 12.4 Å². The van der Waals surface area contributed by atoms with Crippen LogP contribution in [0.4, 0.5) is 0 Å². The van der Waals surface area contributed by atoms with E-state index < -0.39 is 6.23 Å². The van der Waals surface area contributed by atoms with Crippen molar-refractivity contribution in [1.82, 2.24) is 4.90 Å². The first-order chi connectivity index (χ1) is 7.25. The SMILES string of the molecule is CN1CCc2cc3c(cc2C1O)OCO3.Cl. The third-order valence-corrected chi connectivity index (χ3v) is 3.06. The predicted molar refractivity (Wildman–Crippen MR) is 61.1 cm³/mol. The van der Waals surface area contributed by atoms with Gasteiger partial charge in [0.2, 0.25) is 6.79 Å². The number of hydrogen-bond donors (Lipinski definition) is 1. The van der Waals surface area contributed by atoms with Gasteiger partial charge >= 0.3 is 0 Å². The predicted octanol–water partition coefficient (Wildman–Crippen LogP) is 1.32. The van der Waals surface area contributed by atoms with E-state index in [1.807, 2.05) is 24.1 Å². The molecule has 5 heteroatoms. The second kappa shape index (κ2) is 4.13. The van der Waals surface area contributed by atoms with E-state index in [0.717, 1.165) is 35.6 Å². The van der Waals surface area contributed by atoms with Crippen molar-refractivity contribution in [2.24, 2.45) is 0 Å². The van der Waals surface area contributed by atoms with Gasteiger partial charge in [-0.05, 0) is 31.2 Å². The second-order valence-electron chi connectivity index (χ2n) is 4.01. The van der Waals surface area contributed by atoms with Crippen LogP contribution in [0.1, 0.15) is 17.4 Å². The fourth-order valence-electron chi connectivity index (χ4n) is 2.11. The van der Waals surface area contributed by atoms with E-state index in [0.29, 0.717) is 0 Å². The zero-order chi connectivity index (χ0) is 10.4. The van der Waals surface area contributed by atoms with Crippen LogP contribution < -0.4 is 9.47 Å². The molecule has 88 valence electrons. The van der Waals surface area contributed by atoms with Crippen molar-refractivity contribution in [3.63, 3.8) is 0 Å². The lowest BCUT2D eigenvalue weighted by Gasteiger charge is -2.30. The molecule has 0 radical (unpaired) electrons. The van der Waals surface area contributed by atoms with Gasteiger partial charge in [-0.3, -0.25) is 4.90 Å². The Bertz CT molecular complexity index is 410. The van der Waals surface area contributed by atoms with Crippen LogP contribution in [0.25, 0.3) is 0 Å². The van der Waals surface area contributed by atoms with Crippen LogP contribution in [0.2, 0.25) is 0 Å². The maximum atomic E-state index is 9.99. The molecule has 2 heterocycles. The molecule has 1 N–H and O–H groups in total. The van der Waals surface area contributed by atoms with E-state index in [1.54, 1.807) is 0 Å². The van der Waals surface area contributed by atoms with Crippen LogP contribution in [-0.2, 0) is 6.42 Å². The summed E-state index contributed by atoms with van der Waals surface area (Å²) in [6, 6.07) is 3.87. The molecule has 1 aromatic carbocycles. The van der Waals surface area contributed by atoms with Gasteiger partial charge in [-0.25, -0.2) is 0 Å². The molecule has 2 aliphatic heterocycles. The Hall–Kier alpha value is -0.970. The van der Waals surface area contributed by atoms with E-state index in [2.05, 4.69) is 0 Å². The van der Waals surface area contributed by atoms with E-state index >= 15 is 0 Å². The van der Waals surface area contributed by atoms with Crippen LogP contribution in [0.5, 0.6) is 11.5 Å². The fourth-order valence-corrected chi connectivity index (χ4v) is 2.11. The van der Waals surface area contributed by atoms with Gasteiger partial charge < -0.3 is 14.6 Å². The zero-order valence-electron chi connectivity index (χ0n) is 8.97. The molecular weight excluding hydrogens is 230 g/mol. The van der Waals surface area contributed by atoms with Crippen molar-refractivity contribution in [1.29, 1.82) is 0 Å². The van der Waals surface area contributed by atoms with Crippen LogP contribution in [0.15, 0.2) is 12.1 Å². The van der Waals surface area contributed by atoms with Gasteiger partial charge in [-0.15, -0.1) is 12.4 Å². The molecule has 0 amide bonds. The number of aliphatic hydroxyl groups is 1. The van der Waals surface area contributed by atoms with Gasteiger partial charge in [0.05, 0.1) is 0 Å². The van der Waals surface area contributed by atoms with Crippen molar-refractivity contribution in [2.45, 2.75) is 12.6 Å². The van der Waals surface area contributed by atoms with Crippen molar-refractivity contribution in [3.05, 3.63) is 23.3 Å². The highest BCUT2D eigenvalue weighted by Gasteiger charge is 2.26. The molecule has 0 spiro atoms. The Morgan fingerprint density at radius 1 is 1.31 bits per heavy atom. The first-order valence-corrected chi connectivity index (χ1v) is 5.06. The van der Waals surface area contributed by atoms with Crippen LogP contribution in [-0.4, -0.2) is 30.4 Å². The Morgan fingerprint density at radius 2 is 2.00 bits per heavy atom. The molecule has 0 fully saturated rings. The first kappa shape index (κ1) is 11.5. The number of hydrogen-bond acceptors (Lipinski definition) is 4. The first-order valence-electron chi connectivity index (χ1n) is 5.06. The summed E-state index contributed by atoms with van der Waals surface area (Å²) in [5.74, 6) is 1.54. The molecule has 16 heavy (non-hydrogen) atoms. The van der Waals surface area contributed by atoms with Gasteiger partial charge in [0, 0.05) is 12.1 Å². The highest BCUT2D eigenvalue weighted by atomic mass is 35.5. The summed E-state index contributed by atoms with van der Waals surface area (Å²) in [6.07, 6.45) is 0.419. The van der Waals surface area contributed by atoms with Gasteiger partial charge in [0.1, 0.15) is 6.23 Å². The summed E-state index contributed by atoms with van der Waals surface area (Å²) in [4.78, 5) is 1.92. The Labute approximate surface area is 100 Å². The molecule has 1 unspecified atom stereocenters. The van der Waals surface area contributed by atoms with Crippen LogP contribution >= 0.6 is 12.4 Å². The summed E-state index contributed by atoms with van der Waals surface area (Å²) in [5, 5.41) is 9.99. The van der Waals surface area contributed by atoms with E-state index in [1.165, 1.54) is 0 Å². The summed E-state index contributed by atoms with van der Waals surface area (Å²) >= 11 is 0. The average molecular weight is 244 g/mol. The van der Waals surface area contributed by atoms with E-state index in [4.69, 9.17) is 9.47 Å². The number of halogens is 1. The number of rotatable bonds is 0. The Balaban J connectivity index is 0.000000963. The van der Waals surface area contributed by atoms with Crippen LogP contribution in [0, 0.1) is 0 Å².